The van der Waals surface area contributed by atoms with Crippen LogP contribution in [0.4, 0.5) is 0 Å². The minimum absolute atomic E-state index is 0.0831. The number of hydrogen-bond donors (Lipinski definition) is 2. The molecule has 8 nitrogen and oxygen atoms in total. The standard InChI is InChI=1S/C16H13NO7S2/c18-13(19)4-2-9(15(21)22)17-14(20)12(26-16(17)25)6-8-1-3-10-11(5-8)24-7-23-10/h1,3,5-6,9H,2,4,7H2,(H,18,19)(H,21,22). The van der Waals surface area contributed by atoms with E-state index in [-0.39, 0.29) is 28.9 Å². The molecule has 2 N–H and O–H groups in total. The van der Waals surface area contributed by atoms with E-state index in [9.17, 15) is 19.5 Å². The molecule has 2 aliphatic rings. The Morgan fingerprint density at radius 3 is 2.73 bits per heavy atom. The number of aliphatic carboxylic acids is 2. The molecule has 136 valence electrons. The van der Waals surface area contributed by atoms with Crippen LogP contribution >= 0.6 is 24.0 Å². The highest BCUT2D eigenvalue weighted by molar-refractivity contribution is 8.26. The van der Waals surface area contributed by atoms with Gasteiger partial charge in [-0.25, -0.2) is 4.79 Å². The van der Waals surface area contributed by atoms with Crippen molar-refractivity contribution in [3.63, 3.8) is 0 Å². The van der Waals surface area contributed by atoms with Gasteiger partial charge in [-0.15, -0.1) is 0 Å². The molecule has 0 bridgehead atoms. The van der Waals surface area contributed by atoms with E-state index in [1.165, 1.54) is 0 Å². The lowest BCUT2D eigenvalue weighted by molar-refractivity contribution is -0.146. The number of thiocarbonyl (C=S) groups is 1. The molecule has 0 radical (unpaired) electrons. The van der Waals surface area contributed by atoms with Crippen LogP contribution in [0.25, 0.3) is 6.08 Å². The molecule has 10 heteroatoms. The SMILES string of the molecule is O=C(O)CCC(C(=O)O)N1C(=O)C(=Cc2ccc3c(c2)OCO3)SC1=S. The topological polar surface area (TPSA) is 113 Å². The van der Waals surface area contributed by atoms with Gasteiger partial charge in [0.05, 0.1) is 4.91 Å². The van der Waals surface area contributed by atoms with Gasteiger partial charge in [-0.2, -0.15) is 0 Å². The van der Waals surface area contributed by atoms with E-state index in [1.807, 2.05) is 0 Å². The third-order valence-corrected chi connectivity index (χ3v) is 5.08. The Kier molecular flexibility index (Phi) is 5.14. The number of amides is 1. The Morgan fingerprint density at radius 1 is 1.31 bits per heavy atom. The molecule has 1 fully saturated rings. The van der Waals surface area contributed by atoms with E-state index < -0.39 is 23.9 Å². The Morgan fingerprint density at radius 2 is 2.04 bits per heavy atom. The number of ether oxygens (including phenoxy) is 2. The largest absolute Gasteiger partial charge is 0.481 e. The average molecular weight is 395 g/mol. The molecule has 0 aliphatic carbocycles. The molecule has 1 aromatic carbocycles. The van der Waals surface area contributed by atoms with Crippen LogP contribution in [0, 0.1) is 0 Å². The number of rotatable bonds is 6. The third kappa shape index (κ3) is 3.65. The number of thioether (sulfide) groups is 1. The van der Waals surface area contributed by atoms with E-state index in [0.717, 1.165) is 16.7 Å². The summed E-state index contributed by atoms with van der Waals surface area (Å²) in [6.45, 7) is 0.130. The van der Waals surface area contributed by atoms with Gasteiger partial charge in [0.2, 0.25) is 6.79 Å². The smallest absolute Gasteiger partial charge is 0.326 e. The van der Waals surface area contributed by atoms with Crippen LogP contribution in [-0.4, -0.2) is 50.1 Å². The van der Waals surface area contributed by atoms with Crippen molar-refractivity contribution < 1.29 is 34.1 Å². The molecular formula is C16H13NO7S2. The van der Waals surface area contributed by atoms with Crippen LogP contribution in [0.15, 0.2) is 23.1 Å². The second-order valence-corrected chi connectivity index (χ2v) is 7.13. The van der Waals surface area contributed by atoms with Gasteiger partial charge in [0, 0.05) is 6.42 Å². The molecule has 1 saturated heterocycles. The van der Waals surface area contributed by atoms with Crippen LogP contribution < -0.4 is 9.47 Å². The average Bonchev–Trinajstić information content (AvgIpc) is 3.13. The molecule has 1 unspecified atom stereocenters. The van der Waals surface area contributed by atoms with E-state index in [4.69, 9.17) is 26.8 Å². The first-order valence-electron chi connectivity index (χ1n) is 7.48. The predicted octanol–water partition coefficient (Wildman–Crippen LogP) is 1.93. The molecule has 2 heterocycles. The van der Waals surface area contributed by atoms with Gasteiger partial charge < -0.3 is 19.7 Å². The van der Waals surface area contributed by atoms with Gasteiger partial charge in [0.1, 0.15) is 10.4 Å². The fourth-order valence-electron chi connectivity index (χ4n) is 2.53. The maximum absolute atomic E-state index is 12.6. The van der Waals surface area contributed by atoms with Gasteiger partial charge in [0.15, 0.2) is 11.5 Å². The number of nitrogens with zero attached hydrogens (tertiary/aromatic N) is 1. The molecule has 26 heavy (non-hydrogen) atoms. The van der Waals surface area contributed by atoms with Crippen molar-refractivity contribution in [2.75, 3.05) is 6.79 Å². The highest BCUT2D eigenvalue weighted by Crippen LogP contribution is 2.37. The number of carbonyl (C=O) groups excluding carboxylic acids is 1. The summed E-state index contributed by atoms with van der Waals surface area (Å²) in [6, 6.07) is 3.83. The van der Waals surface area contributed by atoms with Gasteiger partial charge in [0.25, 0.3) is 5.91 Å². The summed E-state index contributed by atoms with van der Waals surface area (Å²) in [5.41, 5.74) is 0.673. The van der Waals surface area contributed by atoms with E-state index in [0.29, 0.717) is 17.1 Å². The van der Waals surface area contributed by atoms with Crippen molar-refractivity contribution in [2.24, 2.45) is 0 Å². The van der Waals surface area contributed by atoms with Crippen molar-refractivity contribution in [1.29, 1.82) is 0 Å². The quantitative estimate of drug-likeness (QED) is 0.551. The molecule has 1 amide bonds. The van der Waals surface area contributed by atoms with Crippen molar-refractivity contribution in [3.05, 3.63) is 28.7 Å². The van der Waals surface area contributed by atoms with Crippen molar-refractivity contribution in [1.82, 2.24) is 4.90 Å². The lowest BCUT2D eigenvalue weighted by Crippen LogP contribution is -2.44. The summed E-state index contributed by atoms with van der Waals surface area (Å²) >= 11 is 6.11. The Balaban J connectivity index is 1.83. The first kappa shape index (κ1) is 18.2. The molecule has 0 spiro atoms. The van der Waals surface area contributed by atoms with Crippen molar-refractivity contribution in [2.45, 2.75) is 18.9 Å². The first-order valence-corrected chi connectivity index (χ1v) is 8.70. The lowest BCUT2D eigenvalue weighted by Gasteiger charge is -2.22. The summed E-state index contributed by atoms with van der Waals surface area (Å²) in [4.78, 5) is 36.1. The van der Waals surface area contributed by atoms with Crippen LogP contribution in [0.3, 0.4) is 0 Å². The van der Waals surface area contributed by atoms with Crippen molar-refractivity contribution in [3.8, 4) is 11.5 Å². The first-order chi connectivity index (χ1) is 12.4. The molecular weight excluding hydrogens is 382 g/mol. The van der Waals surface area contributed by atoms with Crippen LogP contribution in [0.2, 0.25) is 0 Å². The minimum atomic E-state index is -1.32. The summed E-state index contributed by atoms with van der Waals surface area (Å²) in [5, 5.41) is 18.1. The summed E-state index contributed by atoms with van der Waals surface area (Å²) < 4.78 is 10.6. The maximum atomic E-state index is 12.6. The number of carboxylic acids is 2. The summed E-state index contributed by atoms with van der Waals surface area (Å²) in [7, 11) is 0. The molecule has 2 aliphatic heterocycles. The minimum Gasteiger partial charge on any atom is -0.481 e. The van der Waals surface area contributed by atoms with E-state index >= 15 is 0 Å². The second-order valence-electron chi connectivity index (χ2n) is 5.45. The number of hydrogen-bond acceptors (Lipinski definition) is 7. The third-order valence-electron chi connectivity index (χ3n) is 3.75. The van der Waals surface area contributed by atoms with Crippen LogP contribution in [-0.2, 0) is 14.4 Å². The van der Waals surface area contributed by atoms with Gasteiger partial charge in [-0.1, -0.05) is 30.0 Å². The van der Waals surface area contributed by atoms with Gasteiger partial charge in [-0.05, 0) is 30.2 Å². The second kappa shape index (κ2) is 7.34. The number of carboxylic acid groups (broad SMARTS) is 2. The monoisotopic (exact) mass is 395 g/mol. The van der Waals surface area contributed by atoms with Crippen molar-refractivity contribution >= 4 is 52.2 Å². The lowest BCUT2D eigenvalue weighted by atomic mass is 10.1. The predicted molar refractivity (Wildman–Crippen MR) is 95.9 cm³/mol. The maximum Gasteiger partial charge on any atom is 0.326 e. The molecule has 1 aromatic rings. The highest BCUT2D eigenvalue weighted by Gasteiger charge is 2.40. The Bertz CT molecular complexity index is 836. The summed E-state index contributed by atoms with van der Waals surface area (Å²) in [6.07, 6.45) is 0.973. The normalized spacial score (nSPS) is 18.5. The highest BCUT2D eigenvalue weighted by atomic mass is 32.2. The fourth-order valence-corrected chi connectivity index (χ4v) is 3.88. The zero-order valence-electron chi connectivity index (χ0n) is 13.2. The van der Waals surface area contributed by atoms with Gasteiger partial charge in [-0.3, -0.25) is 14.5 Å². The van der Waals surface area contributed by atoms with E-state index in [2.05, 4.69) is 0 Å². The van der Waals surface area contributed by atoms with Gasteiger partial charge >= 0.3 is 11.9 Å². The molecule has 0 saturated carbocycles. The fraction of sp³-hybridized carbons (Fsp3) is 0.250. The molecule has 3 rings (SSSR count). The number of fused-ring (bicyclic) bond motifs is 1. The molecule has 0 aromatic heterocycles. The van der Waals surface area contributed by atoms with Crippen LogP contribution in [0.1, 0.15) is 18.4 Å². The Labute approximate surface area is 157 Å². The zero-order chi connectivity index (χ0) is 18.8. The summed E-state index contributed by atoms with van der Waals surface area (Å²) in [5.74, 6) is -1.84. The number of carbonyl (C=O) groups is 3. The van der Waals surface area contributed by atoms with E-state index in [1.54, 1.807) is 24.3 Å². The Hall–Kier alpha value is -2.59. The number of benzene rings is 1. The zero-order valence-corrected chi connectivity index (χ0v) is 14.8. The van der Waals surface area contributed by atoms with Crippen LogP contribution in [0.5, 0.6) is 11.5 Å². The molecule has 1 atom stereocenters.